The first kappa shape index (κ1) is 22.4. The van der Waals surface area contributed by atoms with E-state index in [0.29, 0.717) is 18.1 Å². The fourth-order valence-electron chi connectivity index (χ4n) is 2.37. The van der Waals surface area contributed by atoms with Crippen molar-refractivity contribution in [3.8, 4) is 0 Å². The minimum absolute atomic E-state index is 0.333. The first-order chi connectivity index (χ1) is 9.97. The number of aliphatic carboxylic acids is 1. The number of hydrogen-bond acceptors (Lipinski definition) is 2. The lowest BCUT2D eigenvalue weighted by Gasteiger charge is -2.23. The van der Waals surface area contributed by atoms with E-state index in [4.69, 9.17) is 5.11 Å². The van der Waals surface area contributed by atoms with E-state index in [0.717, 1.165) is 38.0 Å². The Morgan fingerprint density at radius 3 is 1.90 bits per heavy atom. The van der Waals surface area contributed by atoms with Gasteiger partial charge in [0.15, 0.2) is 0 Å². The van der Waals surface area contributed by atoms with Gasteiger partial charge >= 0.3 is 5.97 Å². The van der Waals surface area contributed by atoms with Gasteiger partial charge in [0.25, 0.3) is 0 Å². The standard InChI is InChI=1S/C9H16O.C7H14O2.C2H6/c1-7-3-5-9(6-4-7)8(2)10;1-2-3-4-5-6-7(8)9;1-2/h7,9H,3-6H2,1-2H3;2-6H2,1H3,(H,8,9);1-2H3. The number of unbranched alkanes of at least 4 members (excludes halogenated alkanes) is 3. The van der Waals surface area contributed by atoms with Crippen LogP contribution >= 0.6 is 0 Å². The van der Waals surface area contributed by atoms with Gasteiger partial charge in [-0.15, -0.1) is 0 Å². The molecule has 1 aliphatic carbocycles. The molecule has 1 aliphatic rings. The summed E-state index contributed by atoms with van der Waals surface area (Å²) in [4.78, 5) is 20.9. The number of rotatable bonds is 6. The number of hydrogen-bond donors (Lipinski definition) is 1. The van der Waals surface area contributed by atoms with Crippen LogP contribution in [-0.4, -0.2) is 16.9 Å². The minimum Gasteiger partial charge on any atom is -0.481 e. The molecule has 0 atom stereocenters. The summed E-state index contributed by atoms with van der Waals surface area (Å²) in [6.07, 6.45) is 9.33. The first-order valence-corrected chi connectivity index (χ1v) is 8.69. The van der Waals surface area contributed by atoms with Crippen molar-refractivity contribution in [1.29, 1.82) is 0 Å². The number of ketones is 1. The zero-order chi connectivity index (χ0) is 16.7. The molecule has 3 heteroatoms. The van der Waals surface area contributed by atoms with Gasteiger partial charge in [-0.3, -0.25) is 9.59 Å². The third kappa shape index (κ3) is 15.3. The second-order valence-corrected chi connectivity index (χ2v) is 5.77. The van der Waals surface area contributed by atoms with Gasteiger partial charge in [0.1, 0.15) is 5.78 Å². The SMILES string of the molecule is CC.CC(=O)C1CCC(C)CC1.CCCCCCC(=O)O. The molecule has 0 aromatic heterocycles. The number of carbonyl (C=O) groups excluding carboxylic acids is 1. The highest BCUT2D eigenvalue weighted by molar-refractivity contribution is 5.78. The average molecular weight is 300 g/mol. The molecule has 1 N–H and O–H groups in total. The van der Waals surface area contributed by atoms with E-state index in [1.807, 2.05) is 13.8 Å². The molecule has 0 spiro atoms. The van der Waals surface area contributed by atoms with Crippen LogP contribution in [0.1, 0.15) is 92.4 Å². The Kier molecular flexibility index (Phi) is 16.6. The molecule has 0 aromatic rings. The van der Waals surface area contributed by atoms with Gasteiger partial charge in [0, 0.05) is 12.3 Å². The van der Waals surface area contributed by atoms with Gasteiger partial charge in [-0.25, -0.2) is 0 Å². The van der Waals surface area contributed by atoms with Gasteiger partial charge in [-0.2, -0.15) is 0 Å². The van der Waals surface area contributed by atoms with Crippen LogP contribution in [0.15, 0.2) is 0 Å². The highest BCUT2D eigenvalue weighted by Gasteiger charge is 2.20. The number of Topliss-reactive ketones (excluding diaryl/α,β-unsaturated/α-hetero) is 1. The van der Waals surface area contributed by atoms with Gasteiger partial charge in [0.05, 0.1) is 0 Å². The molecule has 0 bridgehead atoms. The van der Waals surface area contributed by atoms with Crippen molar-refractivity contribution in [2.24, 2.45) is 11.8 Å². The molecule has 3 nitrogen and oxygen atoms in total. The monoisotopic (exact) mass is 300 g/mol. The van der Waals surface area contributed by atoms with Crippen molar-refractivity contribution in [2.45, 2.75) is 92.4 Å². The quantitative estimate of drug-likeness (QED) is 0.662. The normalized spacial score (nSPS) is 20.4. The van der Waals surface area contributed by atoms with E-state index in [1.54, 1.807) is 6.92 Å². The molecule has 1 saturated carbocycles. The molecular weight excluding hydrogens is 264 g/mol. The van der Waals surface area contributed by atoms with Crippen LogP contribution in [0.3, 0.4) is 0 Å². The molecule has 0 aromatic carbocycles. The highest BCUT2D eigenvalue weighted by Crippen LogP contribution is 2.28. The fourth-order valence-corrected chi connectivity index (χ4v) is 2.37. The van der Waals surface area contributed by atoms with E-state index in [2.05, 4.69) is 13.8 Å². The van der Waals surface area contributed by atoms with Crippen LogP contribution in [0.25, 0.3) is 0 Å². The third-order valence-electron chi connectivity index (χ3n) is 3.83. The molecule has 0 unspecified atom stereocenters. The maximum absolute atomic E-state index is 10.9. The molecule has 1 rings (SSSR count). The molecule has 1 fully saturated rings. The van der Waals surface area contributed by atoms with Crippen molar-refractivity contribution in [3.05, 3.63) is 0 Å². The number of carboxylic acids is 1. The Morgan fingerprint density at radius 1 is 1.00 bits per heavy atom. The molecule has 126 valence electrons. The van der Waals surface area contributed by atoms with Crippen LogP contribution in [0, 0.1) is 11.8 Å². The molecular formula is C18H36O3. The van der Waals surface area contributed by atoms with Crippen molar-refractivity contribution >= 4 is 11.8 Å². The second-order valence-electron chi connectivity index (χ2n) is 5.77. The largest absolute Gasteiger partial charge is 0.481 e. The Labute approximate surface area is 131 Å². The maximum atomic E-state index is 10.9. The van der Waals surface area contributed by atoms with Crippen LogP contribution in [0.5, 0.6) is 0 Å². The topological polar surface area (TPSA) is 54.4 Å². The van der Waals surface area contributed by atoms with Gasteiger partial charge in [0.2, 0.25) is 0 Å². The van der Waals surface area contributed by atoms with Gasteiger partial charge in [-0.05, 0) is 32.1 Å². The van der Waals surface area contributed by atoms with Gasteiger partial charge < -0.3 is 5.11 Å². The number of carbonyl (C=O) groups is 2. The van der Waals surface area contributed by atoms with Crippen molar-refractivity contribution in [2.75, 3.05) is 0 Å². The minimum atomic E-state index is -0.675. The Balaban J connectivity index is 0. The zero-order valence-corrected chi connectivity index (χ0v) is 14.8. The second kappa shape index (κ2) is 15.5. The molecule has 0 aliphatic heterocycles. The van der Waals surface area contributed by atoms with Gasteiger partial charge in [-0.1, -0.05) is 59.8 Å². The average Bonchev–Trinajstić information content (AvgIpc) is 2.47. The van der Waals surface area contributed by atoms with Crippen LogP contribution in [0.2, 0.25) is 0 Å². The van der Waals surface area contributed by atoms with Crippen molar-refractivity contribution in [3.63, 3.8) is 0 Å². The molecule has 0 saturated heterocycles. The van der Waals surface area contributed by atoms with Crippen LogP contribution in [0.4, 0.5) is 0 Å². The number of carboxylic acid groups (broad SMARTS) is 1. The summed E-state index contributed by atoms with van der Waals surface area (Å²) < 4.78 is 0. The fraction of sp³-hybridized carbons (Fsp3) is 0.889. The van der Waals surface area contributed by atoms with Crippen LogP contribution in [-0.2, 0) is 9.59 Å². The Morgan fingerprint density at radius 2 is 1.52 bits per heavy atom. The third-order valence-corrected chi connectivity index (χ3v) is 3.83. The van der Waals surface area contributed by atoms with E-state index in [1.165, 1.54) is 19.3 Å². The van der Waals surface area contributed by atoms with Crippen LogP contribution < -0.4 is 0 Å². The van der Waals surface area contributed by atoms with E-state index in [-0.39, 0.29) is 0 Å². The predicted molar refractivity (Wildman–Crippen MR) is 89.5 cm³/mol. The Hall–Kier alpha value is -0.860. The van der Waals surface area contributed by atoms with Crippen molar-refractivity contribution < 1.29 is 14.7 Å². The maximum Gasteiger partial charge on any atom is 0.303 e. The lowest BCUT2D eigenvalue weighted by Crippen LogP contribution is -2.18. The molecule has 21 heavy (non-hydrogen) atoms. The summed E-state index contributed by atoms with van der Waals surface area (Å²) in [5.74, 6) is 0.977. The summed E-state index contributed by atoms with van der Waals surface area (Å²) in [6, 6.07) is 0. The lowest BCUT2D eigenvalue weighted by atomic mass is 9.81. The summed E-state index contributed by atoms with van der Waals surface area (Å²) in [5.41, 5.74) is 0. The van der Waals surface area contributed by atoms with E-state index < -0.39 is 5.97 Å². The van der Waals surface area contributed by atoms with E-state index >= 15 is 0 Å². The molecule has 0 radical (unpaired) electrons. The molecule has 0 heterocycles. The van der Waals surface area contributed by atoms with E-state index in [9.17, 15) is 9.59 Å². The Bertz CT molecular complexity index is 253. The van der Waals surface area contributed by atoms with Crippen molar-refractivity contribution in [1.82, 2.24) is 0 Å². The smallest absolute Gasteiger partial charge is 0.303 e. The predicted octanol–water partition coefficient (Wildman–Crippen LogP) is 5.47. The first-order valence-electron chi connectivity index (χ1n) is 8.69. The summed E-state index contributed by atoms with van der Waals surface area (Å²) in [6.45, 7) is 10.1. The summed E-state index contributed by atoms with van der Waals surface area (Å²) in [7, 11) is 0. The lowest BCUT2D eigenvalue weighted by molar-refractivity contribution is -0.137. The summed E-state index contributed by atoms with van der Waals surface area (Å²) >= 11 is 0. The zero-order valence-electron chi connectivity index (χ0n) is 14.8. The highest BCUT2D eigenvalue weighted by atomic mass is 16.4. The summed E-state index contributed by atoms with van der Waals surface area (Å²) in [5, 5.41) is 8.21. The molecule has 0 amide bonds.